The van der Waals surface area contributed by atoms with Crippen molar-refractivity contribution in [2.75, 3.05) is 19.8 Å². The van der Waals surface area contributed by atoms with Crippen molar-refractivity contribution in [3.05, 3.63) is 12.7 Å². The number of hydrogen-bond donors (Lipinski definition) is 3. The van der Waals surface area contributed by atoms with Crippen LogP contribution in [0.15, 0.2) is 12.7 Å². The molecule has 1 aliphatic rings. The summed E-state index contributed by atoms with van der Waals surface area (Å²) in [6, 6.07) is 0. The molecule has 5 nitrogen and oxygen atoms in total. The van der Waals surface area contributed by atoms with Crippen molar-refractivity contribution >= 4 is 0 Å². The van der Waals surface area contributed by atoms with E-state index in [9.17, 15) is 10.2 Å². The summed E-state index contributed by atoms with van der Waals surface area (Å²) in [5, 5.41) is 28.5. The lowest BCUT2D eigenvalue weighted by Gasteiger charge is -2.36. The lowest BCUT2D eigenvalue weighted by Crippen LogP contribution is -2.55. The summed E-state index contributed by atoms with van der Waals surface area (Å²) in [6.07, 6.45) is 5.33. The van der Waals surface area contributed by atoms with Gasteiger partial charge in [-0.3, -0.25) is 0 Å². The second-order valence-electron chi connectivity index (χ2n) is 5.29. The molecular formula is C15H28O5. The summed E-state index contributed by atoms with van der Waals surface area (Å²) < 4.78 is 10.8. The van der Waals surface area contributed by atoms with Gasteiger partial charge in [-0.05, 0) is 19.3 Å². The van der Waals surface area contributed by atoms with Crippen molar-refractivity contribution in [2.24, 2.45) is 0 Å². The molecule has 1 fully saturated rings. The van der Waals surface area contributed by atoms with Crippen LogP contribution in [0.4, 0.5) is 0 Å². The Morgan fingerprint density at radius 1 is 1.10 bits per heavy atom. The molecule has 0 saturated carbocycles. The number of aliphatic hydroxyl groups excluding tert-OH is 3. The highest BCUT2D eigenvalue weighted by Crippen LogP contribution is 2.18. The van der Waals surface area contributed by atoms with Gasteiger partial charge in [0.25, 0.3) is 0 Å². The first-order valence-corrected chi connectivity index (χ1v) is 7.51. The molecule has 1 heterocycles. The summed E-state index contributed by atoms with van der Waals surface area (Å²) in [7, 11) is 0. The summed E-state index contributed by atoms with van der Waals surface area (Å²) >= 11 is 0. The Bertz CT molecular complexity index is 259. The second-order valence-corrected chi connectivity index (χ2v) is 5.29. The van der Waals surface area contributed by atoms with E-state index in [-0.39, 0.29) is 13.2 Å². The summed E-state index contributed by atoms with van der Waals surface area (Å²) in [5.41, 5.74) is 0. The van der Waals surface area contributed by atoms with Crippen LogP contribution < -0.4 is 0 Å². The molecule has 1 aliphatic heterocycles. The van der Waals surface area contributed by atoms with E-state index in [1.807, 2.05) is 6.08 Å². The van der Waals surface area contributed by atoms with Crippen molar-refractivity contribution < 1.29 is 24.8 Å². The molecule has 0 amide bonds. The van der Waals surface area contributed by atoms with Crippen molar-refractivity contribution in [2.45, 2.75) is 62.9 Å². The van der Waals surface area contributed by atoms with E-state index in [0.29, 0.717) is 6.61 Å². The predicted octanol–water partition coefficient (Wildman–Crippen LogP) is 1.01. The summed E-state index contributed by atoms with van der Waals surface area (Å²) in [6.45, 7) is 4.17. The van der Waals surface area contributed by atoms with Gasteiger partial charge in [-0.2, -0.15) is 0 Å². The summed E-state index contributed by atoms with van der Waals surface area (Å²) in [4.78, 5) is 0. The third-order valence-corrected chi connectivity index (χ3v) is 3.65. The first-order chi connectivity index (χ1) is 9.70. The first-order valence-electron chi connectivity index (χ1n) is 7.51. The van der Waals surface area contributed by atoms with Crippen molar-refractivity contribution in [1.82, 2.24) is 0 Å². The molecule has 0 spiro atoms. The molecule has 5 heteroatoms. The summed E-state index contributed by atoms with van der Waals surface area (Å²) in [5.74, 6) is 0. The van der Waals surface area contributed by atoms with Gasteiger partial charge in [-0.1, -0.05) is 25.3 Å². The average Bonchev–Trinajstić information content (AvgIpc) is 2.46. The Hall–Kier alpha value is -0.460. The highest BCUT2D eigenvalue weighted by atomic mass is 16.6. The zero-order valence-electron chi connectivity index (χ0n) is 12.1. The minimum atomic E-state index is -1.09. The molecule has 20 heavy (non-hydrogen) atoms. The molecule has 0 aliphatic carbocycles. The zero-order valence-corrected chi connectivity index (χ0v) is 12.1. The van der Waals surface area contributed by atoms with Gasteiger partial charge in [0.2, 0.25) is 0 Å². The quantitative estimate of drug-likeness (QED) is 0.413. The Balaban J connectivity index is 2.06. The van der Waals surface area contributed by atoms with E-state index < -0.39 is 24.4 Å². The van der Waals surface area contributed by atoms with E-state index >= 15 is 0 Å². The number of allylic oxidation sites excluding steroid dienone is 1. The van der Waals surface area contributed by atoms with Crippen LogP contribution in [0.3, 0.4) is 0 Å². The van der Waals surface area contributed by atoms with Crippen LogP contribution in [-0.2, 0) is 9.47 Å². The van der Waals surface area contributed by atoms with Gasteiger partial charge in [-0.15, -0.1) is 6.58 Å². The molecule has 1 saturated heterocycles. The molecule has 0 aromatic heterocycles. The van der Waals surface area contributed by atoms with Gasteiger partial charge in [0.05, 0.1) is 13.2 Å². The molecule has 3 N–H and O–H groups in total. The zero-order chi connectivity index (χ0) is 14.8. The Morgan fingerprint density at radius 2 is 1.80 bits per heavy atom. The molecule has 0 bridgehead atoms. The minimum Gasteiger partial charge on any atom is -0.394 e. The van der Waals surface area contributed by atoms with E-state index in [4.69, 9.17) is 14.6 Å². The molecule has 4 atom stereocenters. The van der Waals surface area contributed by atoms with Gasteiger partial charge in [-0.25, -0.2) is 0 Å². The van der Waals surface area contributed by atoms with Crippen molar-refractivity contribution in [3.8, 4) is 0 Å². The first kappa shape index (κ1) is 17.6. The number of ether oxygens (including phenoxy) is 2. The molecule has 0 unspecified atom stereocenters. The maximum atomic E-state index is 9.86. The molecule has 0 radical (unpaired) electrons. The standard InChI is InChI=1S/C15H28O5/c1-2-3-4-5-6-7-8-9-19-13-11-20-12(10-16)14(17)15(13)18/h2,12-18H,1,3-11H2/t12-,13+,14-,15-/m0/s1. The minimum absolute atomic E-state index is 0.211. The van der Waals surface area contributed by atoms with Gasteiger partial charge in [0, 0.05) is 6.61 Å². The maximum Gasteiger partial charge on any atom is 0.111 e. The number of aliphatic hydroxyl groups is 3. The molecule has 0 aromatic rings. The van der Waals surface area contributed by atoms with E-state index in [1.165, 1.54) is 19.3 Å². The molecule has 1 rings (SSSR count). The van der Waals surface area contributed by atoms with Crippen LogP contribution in [0.1, 0.15) is 38.5 Å². The highest BCUT2D eigenvalue weighted by molar-refractivity contribution is 4.87. The predicted molar refractivity (Wildman–Crippen MR) is 76.5 cm³/mol. The SMILES string of the molecule is C=CCCCCCCCO[C@@H]1CO[C@@H](CO)[C@H](O)[C@H]1O. The number of hydrogen-bond acceptors (Lipinski definition) is 5. The molecular weight excluding hydrogens is 260 g/mol. The Labute approximate surface area is 121 Å². The van der Waals surface area contributed by atoms with Gasteiger partial charge in [0.1, 0.15) is 24.4 Å². The van der Waals surface area contributed by atoms with Crippen LogP contribution in [0, 0.1) is 0 Å². The third kappa shape index (κ3) is 5.89. The van der Waals surface area contributed by atoms with Crippen LogP contribution in [0.5, 0.6) is 0 Å². The van der Waals surface area contributed by atoms with Crippen molar-refractivity contribution in [3.63, 3.8) is 0 Å². The van der Waals surface area contributed by atoms with Gasteiger partial charge >= 0.3 is 0 Å². The van der Waals surface area contributed by atoms with Gasteiger partial charge in [0.15, 0.2) is 0 Å². The second kappa shape index (κ2) is 10.3. The van der Waals surface area contributed by atoms with Crippen LogP contribution >= 0.6 is 0 Å². The third-order valence-electron chi connectivity index (χ3n) is 3.65. The van der Waals surface area contributed by atoms with Crippen LogP contribution in [0.2, 0.25) is 0 Å². The lowest BCUT2D eigenvalue weighted by molar-refractivity contribution is -0.208. The topological polar surface area (TPSA) is 79.2 Å². The lowest BCUT2D eigenvalue weighted by atomic mass is 10.0. The molecule has 0 aromatic carbocycles. The fourth-order valence-electron chi connectivity index (χ4n) is 2.32. The fraction of sp³-hybridized carbons (Fsp3) is 0.867. The normalized spacial score (nSPS) is 30.4. The van der Waals surface area contributed by atoms with E-state index in [2.05, 4.69) is 6.58 Å². The Kier molecular flexibility index (Phi) is 9.05. The monoisotopic (exact) mass is 288 g/mol. The average molecular weight is 288 g/mol. The smallest absolute Gasteiger partial charge is 0.111 e. The highest BCUT2D eigenvalue weighted by Gasteiger charge is 2.38. The maximum absolute atomic E-state index is 9.86. The van der Waals surface area contributed by atoms with Crippen LogP contribution in [-0.4, -0.2) is 59.6 Å². The Morgan fingerprint density at radius 3 is 2.50 bits per heavy atom. The van der Waals surface area contributed by atoms with E-state index in [1.54, 1.807) is 0 Å². The van der Waals surface area contributed by atoms with E-state index in [0.717, 1.165) is 19.3 Å². The van der Waals surface area contributed by atoms with Gasteiger partial charge < -0.3 is 24.8 Å². The van der Waals surface area contributed by atoms with Crippen molar-refractivity contribution in [1.29, 1.82) is 0 Å². The van der Waals surface area contributed by atoms with Crippen LogP contribution in [0.25, 0.3) is 0 Å². The number of rotatable bonds is 10. The largest absolute Gasteiger partial charge is 0.394 e. The number of unbranched alkanes of at least 4 members (excludes halogenated alkanes) is 5. The fourth-order valence-corrected chi connectivity index (χ4v) is 2.32. The molecule has 118 valence electrons.